The van der Waals surface area contributed by atoms with Crippen molar-refractivity contribution in [2.24, 2.45) is 23.0 Å². The zero-order valence-electron chi connectivity index (χ0n) is 13.9. The predicted octanol–water partition coefficient (Wildman–Crippen LogP) is 5.05. The third-order valence-corrected chi connectivity index (χ3v) is 7.64. The summed E-state index contributed by atoms with van der Waals surface area (Å²) >= 11 is 2.06. The molecule has 0 aliphatic heterocycles. The van der Waals surface area contributed by atoms with Gasteiger partial charge in [-0.3, -0.25) is 0 Å². The van der Waals surface area contributed by atoms with Crippen LogP contribution in [0.4, 0.5) is 0 Å². The Morgan fingerprint density at radius 2 is 2.05 bits per heavy atom. The number of hydrogen-bond donors (Lipinski definition) is 1. The Morgan fingerprint density at radius 3 is 2.68 bits per heavy atom. The lowest BCUT2D eigenvalue weighted by molar-refractivity contribution is 0.0361. The maximum Gasteiger partial charge on any atom is 0.0937 e. The minimum atomic E-state index is 0.648. The van der Waals surface area contributed by atoms with Crippen molar-refractivity contribution in [1.29, 1.82) is 0 Å². The molecular weight excluding hydrogens is 290 g/mol. The molecule has 1 spiro atoms. The minimum absolute atomic E-state index is 0.648. The first kappa shape index (κ1) is 16.4. The molecule has 2 unspecified atom stereocenters. The molecule has 3 heteroatoms. The molecule has 0 amide bonds. The van der Waals surface area contributed by atoms with E-state index in [2.05, 4.69) is 24.8 Å². The topological polar surface area (TPSA) is 39.2 Å². The first-order valence-electron chi connectivity index (χ1n) is 9.03. The maximum atomic E-state index is 5.60. The van der Waals surface area contributed by atoms with Gasteiger partial charge in [-0.25, -0.2) is 0 Å². The Labute approximate surface area is 139 Å². The Bertz CT molecular complexity index is 436. The SMILES string of the molecule is CC1CC(c2ccoc2)CCC12CCC(CSCCN)CC2. The summed E-state index contributed by atoms with van der Waals surface area (Å²) in [5, 5.41) is 0. The lowest BCUT2D eigenvalue weighted by Gasteiger charge is -2.49. The highest BCUT2D eigenvalue weighted by Gasteiger charge is 2.43. The molecule has 1 heterocycles. The smallest absolute Gasteiger partial charge is 0.0937 e. The molecule has 0 bridgehead atoms. The Hall–Kier alpha value is -0.410. The summed E-state index contributed by atoms with van der Waals surface area (Å²) in [5.74, 6) is 5.00. The van der Waals surface area contributed by atoms with Gasteiger partial charge in [-0.2, -0.15) is 11.8 Å². The van der Waals surface area contributed by atoms with Crippen molar-refractivity contribution in [2.45, 2.75) is 57.8 Å². The average molecular weight is 322 g/mol. The largest absolute Gasteiger partial charge is 0.472 e. The van der Waals surface area contributed by atoms with Gasteiger partial charge in [0.1, 0.15) is 0 Å². The van der Waals surface area contributed by atoms with Crippen LogP contribution in [0.25, 0.3) is 0 Å². The Balaban J connectivity index is 1.51. The normalized spacial score (nSPS) is 35.8. The quantitative estimate of drug-likeness (QED) is 0.771. The van der Waals surface area contributed by atoms with E-state index < -0.39 is 0 Å². The molecule has 0 radical (unpaired) electrons. The fourth-order valence-corrected chi connectivity index (χ4v) is 5.81. The van der Waals surface area contributed by atoms with Crippen LogP contribution < -0.4 is 5.73 Å². The van der Waals surface area contributed by atoms with Gasteiger partial charge in [0.2, 0.25) is 0 Å². The molecule has 0 saturated heterocycles. The summed E-state index contributed by atoms with van der Waals surface area (Å²) in [6, 6.07) is 2.17. The number of rotatable bonds is 5. The van der Waals surface area contributed by atoms with Gasteiger partial charge in [-0.1, -0.05) is 6.92 Å². The fourth-order valence-electron chi connectivity index (χ4n) is 4.81. The van der Waals surface area contributed by atoms with E-state index in [0.717, 1.165) is 30.1 Å². The van der Waals surface area contributed by atoms with Crippen molar-refractivity contribution in [3.63, 3.8) is 0 Å². The van der Waals surface area contributed by atoms with Crippen LogP contribution in [-0.4, -0.2) is 18.1 Å². The van der Waals surface area contributed by atoms with Gasteiger partial charge in [0.15, 0.2) is 0 Å². The van der Waals surface area contributed by atoms with Gasteiger partial charge in [0.05, 0.1) is 12.5 Å². The van der Waals surface area contributed by atoms with Gasteiger partial charge in [-0.15, -0.1) is 0 Å². The molecule has 2 fully saturated rings. The van der Waals surface area contributed by atoms with E-state index in [9.17, 15) is 0 Å². The third kappa shape index (κ3) is 3.56. The van der Waals surface area contributed by atoms with Crippen LogP contribution in [0.2, 0.25) is 0 Å². The summed E-state index contributed by atoms with van der Waals surface area (Å²) < 4.78 is 5.29. The van der Waals surface area contributed by atoms with Crippen LogP contribution in [0.1, 0.15) is 63.4 Å². The van der Waals surface area contributed by atoms with Gasteiger partial charge < -0.3 is 10.2 Å². The summed E-state index contributed by atoms with van der Waals surface area (Å²) in [4.78, 5) is 0. The Morgan fingerprint density at radius 1 is 1.27 bits per heavy atom. The highest BCUT2D eigenvalue weighted by atomic mass is 32.2. The van der Waals surface area contributed by atoms with Crippen molar-refractivity contribution < 1.29 is 4.42 Å². The van der Waals surface area contributed by atoms with Crippen molar-refractivity contribution in [1.82, 2.24) is 0 Å². The summed E-state index contributed by atoms with van der Waals surface area (Å²) in [5.41, 5.74) is 7.67. The van der Waals surface area contributed by atoms with E-state index in [4.69, 9.17) is 10.2 Å². The molecule has 2 aliphatic carbocycles. The van der Waals surface area contributed by atoms with Gasteiger partial charge in [0, 0.05) is 12.3 Å². The fraction of sp³-hybridized carbons (Fsp3) is 0.789. The number of furan rings is 1. The highest BCUT2D eigenvalue weighted by Crippen LogP contribution is 2.55. The minimum Gasteiger partial charge on any atom is -0.472 e. The monoisotopic (exact) mass is 321 g/mol. The molecule has 2 aliphatic rings. The van der Waals surface area contributed by atoms with Gasteiger partial charge in [0.25, 0.3) is 0 Å². The van der Waals surface area contributed by atoms with Crippen LogP contribution in [0.3, 0.4) is 0 Å². The summed E-state index contributed by atoms with van der Waals surface area (Å²) in [7, 11) is 0. The second-order valence-corrected chi connectivity index (χ2v) is 8.75. The first-order valence-corrected chi connectivity index (χ1v) is 10.2. The van der Waals surface area contributed by atoms with Crippen LogP contribution in [0.5, 0.6) is 0 Å². The van der Waals surface area contributed by atoms with Crippen LogP contribution in [0.15, 0.2) is 23.0 Å². The molecular formula is C19H31NOS. The molecule has 2 nitrogen and oxygen atoms in total. The average Bonchev–Trinajstić information content (AvgIpc) is 3.07. The highest BCUT2D eigenvalue weighted by molar-refractivity contribution is 7.99. The zero-order chi connectivity index (χ0) is 15.4. The van der Waals surface area contributed by atoms with Gasteiger partial charge >= 0.3 is 0 Å². The zero-order valence-corrected chi connectivity index (χ0v) is 14.7. The lowest BCUT2D eigenvalue weighted by Crippen LogP contribution is -2.38. The van der Waals surface area contributed by atoms with Crippen molar-refractivity contribution >= 4 is 11.8 Å². The summed E-state index contributed by atoms with van der Waals surface area (Å²) in [6.07, 6.45) is 13.7. The lowest BCUT2D eigenvalue weighted by atomic mass is 9.56. The van der Waals surface area contributed by atoms with Crippen LogP contribution in [0, 0.1) is 17.3 Å². The van der Waals surface area contributed by atoms with E-state index in [1.807, 2.05) is 12.5 Å². The van der Waals surface area contributed by atoms with Crippen molar-refractivity contribution in [3.05, 3.63) is 24.2 Å². The van der Waals surface area contributed by atoms with E-state index >= 15 is 0 Å². The van der Waals surface area contributed by atoms with E-state index in [1.54, 1.807) is 0 Å². The molecule has 2 atom stereocenters. The first-order chi connectivity index (χ1) is 10.7. The standard InChI is InChI=1S/C19H31NOS/c1-15-12-17(18-5-10-21-13-18)4-8-19(15)6-2-16(3-7-19)14-22-11-9-20/h5,10,13,15-17H,2-4,6-9,11-12,14,20H2,1H3. The number of thioether (sulfide) groups is 1. The molecule has 1 aromatic heterocycles. The van der Waals surface area contributed by atoms with E-state index in [0.29, 0.717) is 5.41 Å². The van der Waals surface area contributed by atoms with Crippen molar-refractivity contribution in [2.75, 3.05) is 18.1 Å². The summed E-state index contributed by atoms with van der Waals surface area (Å²) in [6.45, 7) is 3.34. The Kier molecular flexibility index (Phi) is 5.56. The molecule has 1 aromatic rings. The van der Waals surface area contributed by atoms with Gasteiger partial charge in [-0.05, 0) is 85.5 Å². The molecule has 0 aromatic carbocycles. The molecule has 22 heavy (non-hydrogen) atoms. The van der Waals surface area contributed by atoms with E-state index in [-0.39, 0.29) is 0 Å². The predicted molar refractivity (Wildman–Crippen MR) is 95.2 cm³/mol. The number of nitrogens with two attached hydrogens (primary N) is 1. The molecule has 2 N–H and O–H groups in total. The van der Waals surface area contributed by atoms with Crippen LogP contribution in [-0.2, 0) is 0 Å². The van der Waals surface area contributed by atoms with Crippen molar-refractivity contribution in [3.8, 4) is 0 Å². The third-order valence-electron chi connectivity index (χ3n) is 6.41. The molecule has 3 rings (SSSR count). The second-order valence-electron chi connectivity index (χ2n) is 7.60. The van der Waals surface area contributed by atoms with E-state index in [1.165, 1.54) is 56.3 Å². The number of hydrogen-bond acceptors (Lipinski definition) is 3. The van der Waals surface area contributed by atoms with Crippen LogP contribution >= 0.6 is 11.8 Å². The molecule has 2 saturated carbocycles. The second kappa shape index (κ2) is 7.44. The maximum absolute atomic E-state index is 5.60. The molecule has 124 valence electrons.